The van der Waals surface area contributed by atoms with E-state index in [2.05, 4.69) is 55.0 Å². The van der Waals surface area contributed by atoms with Crippen LogP contribution in [0.2, 0.25) is 0 Å². The lowest BCUT2D eigenvalue weighted by atomic mass is 10.3. The number of halogens is 2. The van der Waals surface area contributed by atoms with Crippen molar-refractivity contribution in [2.24, 2.45) is 0 Å². The van der Waals surface area contributed by atoms with Crippen LogP contribution in [0.15, 0.2) is 29.3 Å². The molecule has 0 unspecified atom stereocenters. The van der Waals surface area contributed by atoms with Crippen molar-refractivity contribution < 1.29 is 28.5 Å². The van der Waals surface area contributed by atoms with Gasteiger partial charge in [-0.25, -0.2) is 4.57 Å². The second-order valence-corrected chi connectivity index (χ2v) is 5.41. The number of hydrogen-bond donors (Lipinski definition) is 0. The van der Waals surface area contributed by atoms with E-state index in [9.17, 15) is 0 Å². The lowest BCUT2D eigenvalue weighted by Gasteiger charge is -1.97. The molecule has 0 aliphatic rings. The summed E-state index contributed by atoms with van der Waals surface area (Å²) in [5.74, 6) is 0. The van der Waals surface area contributed by atoms with Gasteiger partial charge in [-0.2, -0.15) is 9.61 Å². The third-order valence-electron chi connectivity index (χ3n) is 2.39. The predicted octanol–water partition coefficient (Wildman–Crippen LogP) is -1.07. The second-order valence-electron chi connectivity index (χ2n) is 3.54. The fourth-order valence-electron chi connectivity index (χ4n) is 1.57. The first kappa shape index (κ1) is 13.8. The van der Waals surface area contributed by atoms with Gasteiger partial charge < -0.3 is 24.0 Å². The van der Waals surface area contributed by atoms with Crippen LogP contribution in [0.1, 0.15) is 6.92 Å². The summed E-state index contributed by atoms with van der Waals surface area (Å²) in [7, 11) is 0. The molecule has 0 N–H and O–H groups in total. The third kappa shape index (κ3) is 2.54. The Morgan fingerprint density at radius 1 is 1.44 bits per heavy atom. The van der Waals surface area contributed by atoms with Gasteiger partial charge in [0.1, 0.15) is 12.9 Å². The van der Waals surface area contributed by atoms with Crippen molar-refractivity contribution in [3.05, 3.63) is 29.3 Å². The van der Waals surface area contributed by atoms with Gasteiger partial charge in [-0.3, -0.25) is 0 Å². The monoisotopic (exact) mass is 437 g/mol. The van der Waals surface area contributed by atoms with E-state index >= 15 is 0 Å². The molecule has 3 heterocycles. The Hall–Kier alpha value is -0.610. The first-order valence-electron chi connectivity index (χ1n) is 5.13. The SMILES string of the molecule is CC[n+]1cc(Br)cc(-c2nn3cnnc3s2)c1.[I-]. The zero-order chi connectivity index (χ0) is 11.8. The summed E-state index contributed by atoms with van der Waals surface area (Å²) in [4.78, 5) is 0.808. The molecule has 18 heavy (non-hydrogen) atoms. The molecular weight excluding hydrogens is 429 g/mol. The molecule has 0 amide bonds. The van der Waals surface area contributed by atoms with E-state index in [-0.39, 0.29) is 24.0 Å². The van der Waals surface area contributed by atoms with Crippen LogP contribution < -0.4 is 28.5 Å². The topological polar surface area (TPSA) is 47.0 Å². The molecule has 0 saturated carbocycles. The highest BCUT2D eigenvalue weighted by Crippen LogP contribution is 2.25. The quantitative estimate of drug-likeness (QED) is 0.379. The Labute approximate surface area is 133 Å². The van der Waals surface area contributed by atoms with E-state index in [1.165, 1.54) is 11.3 Å². The van der Waals surface area contributed by atoms with Crippen molar-refractivity contribution in [2.45, 2.75) is 13.5 Å². The summed E-state index contributed by atoms with van der Waals surface area (Å²) in [6.07, 6.45) is 5.74. The van der Waals surface area contributed by atoms with Crippen molar-refractivity contribution >= 4 is 32.2 Å². The molecule has 5 nitrogen and oxygen atoms in total. The maximum atomic E-state index is 4.44. The number of nitrogens with zero attached hydrogens (tertiary/aromatic N) is 5. The van der Waals surface area contributed by atoms with Crippen LogP contribution in [0.3, 0.4) is 0 Å². The smallest absolute Gasteiger partial charge is 0.234 e. The fraction of sp³-hybridized carbons (Fsp3) is 0.200. The molecule has 0 saturated heterocycles. The van der Waals surface area contributed by atoms with E-state index in [1.54, 1.807) is 10.8 Å². The normalized spacial score (nSPS) is 10.6. The molecule has 8 heteroatoms. The Morgan fingerprint density at radius 3 is 3.00 bits per heavy atom. The molecule has 0 aliphatic carbocycles. The summed E-state index contributed by atoms with van der Waals surface area (Å²) < 4.78 is 4.85. The second kappa shape index (κ2) is 5.57. The molecule has 0 fully saturated rings. The van der Waals surface area contributed by atoms with Gasteiger partial charge in [0.15, 0.2) is 17.4 Å². The standard InChI is InChI=1S/C10H9BrN5S.HI/c1-2-15-4-7(3-8(11)5-15)9-14-16-6-12-13-10(16)17-9;/h3-6H,2H2,1H3;1H/q+1;/p-1. The largest absolute Gasteiger partial charge is 1.00 e. The Balaban J connectivity index is 0.00000120. The van der Waals surface area contributed by atoms with Gasteiger partial charge in [-0.1, -0.05) is 11.3 Å². The van der Waals surface area contributed by atoms with Crippen LogP contribution in [0.4, 0.5) is 0 Å². The molecular formula is C10H9BrIN5S. The van der Waals surface area contributed by atoms with Gasteiger partial charge in [0.2, 0.25) is 4.96 Å². The predicted molar refractivity (Wildman–Crippen MR) is 67.7 cm³/mol. The lowest BCUT2D eigenvalue weighted by molar-refractivity contribution is -0.693. The molecule has 94 valence electrons. The van der Waals surface area contributed by atoms with Crippen molar-refractivity contribution in [2.75, 3.05) is 0 Å². The summed E-state index contributed by atoms with van der Waals surface area (Å²) >= 11 is 5.04. The van der Waals surface area contributed by atoms with Gasteiger partial charge in [-0.15, -0.1) is 10.2 Å². The number of fused-ring (bicyclic) bond motifs is 1. The summed E-state index contributed by atoms with van der Waals surface area (Å²) in [6.45, 7) is 3.03. The highest BCUT2D eigenvalue weighted by Gasteiger charge is 2.12. The molecule has 0 spiro atoms. The molecule has 0 bridgehead atoms. The van der Waals surface area contributed by atoms with Gasteiger partial charge in [-0.05, 0) is 28.9 Å². The average Bonchev–Trinajstić information content (AvgIpc) is 2.88. The number of pyridine rings is 1. The van der Waals surface area contributed by atoms with Crippen molar-refractivity contribution in [1.29, 1.82) is 0 Å². The maximum Gasteiger partial charge on any atom is 0.234 e. The number of rotatable bonds is 2. The van der Waals surface area contributed by atoms with Crippen LogP contribution in [0, 0.1) is 0 Å². The Kier molecular flexibility index (Phi) is 4.28. The van der Waals surface area contributed by atoms with Gasteiger partial charge in [0.05, 0.1) is 10.0 Å². The highest BCUT2D eigenvalue weighted by atomic mass is 127. The van der Waals surface area contributed by atoms with Crippen LogP contribution >= 0.6 is 27.3 Å². The van der Waals surface area contributed by atoms with Gasteiger partial charge >= 0.3 is 0 Å². The van der Waals surface area contributed by atoms with E-state index in [4.69, 9.17) is 0 Å². The average molecular weight is 438 g/mol. The van der Waals surface area contributed by atoms with Crippen molar-refractivity contribution in [1.82, 2.24) is 19.8 Å². The molecule has 0 atom stereocenters. The summed E-state index contributed by atoms with van der Waals surface area (Å²) in [5.41, 5.74) is 1.08. The first-order chi connectivity index (χ1) is 8.26. The molecule has 3 rings (SSSR count). The number of aromatic nitrogens is 5. The Bertz CT molecular complexity index is 651. The van der Waals surface area contributed by atoms with Crippen LogP contribution in [0.25, 0.3) is 15.5 Å². The van der Waals surface area contributed by atoms with E-state index in [0.717, 1.165) is 26.5 Å². The Morgan fingerprint density at radius 2 is 2.28 bits per heavy atom. The van der Waals surface area contributed by atoms with E-state index in [1.807, 2.05) is 6.20 Å². The van der Waals surface area contributed by atoms with Gasteiger partial charge in [0, 0.05) is 0 Å². The van der Waals surface area contributed by atoms with E-state index in [0.29, 0.717) is 0 Å². The zero-order valence-electron chi connectivity index (χ0n) is 9.42. The minimum Gasteiger partial charge on any atom is -1.00 e. The highest BCUT2D eigenvalue weighted by molar-refractivity contribution is 9.10. The summed E-state index contributed by atoms with van der Waals surface area (Å²) in [5, 5.41) is 13.2. The van der Waals surface area contributed by atoms with Crippen LogP contribution in [0.5, 0.6) is 0 Å². The number of aryl methyl sites for hydroxylation is 1. The maximum absolute atomic E-state index is 4.44. The van der Waals surface area contributed by atoms with Gasteiger partial charge in [0.25, 0.3) is 0 Å². The third-order valence-corrected chi connectivity index (χ3v) is 3.78. The molecule has 0 radical (unpaired) electrons. The number of hydrogen-bond acceptors (Lipinski definition) is 4. The lowest BCUT2D eigenvalue weighted by Crippen LogP contribution is -3.00. The van der Waals surface area contributed by atoms with Crippen molar-refractivity contribution in [3.8, 4) is 10.6 Å². The summed E-state index contributed by atoms with van der Waals surface area (Å²) in [6, 6.07) is 2.05. The van der Waals surface area contributed by atoms with Crippen LogP contribution in [-0.2, 0) is 6.54 Å². The molecule has 3 aromatic heterocycles. The molecule has 0 aromatic carbocycles. The molecule has 0 aliphatic heterocycles. The minimum absolute atomic E-state index is 0. The van der Waals surface area contributed by atoms with Crippen LogP contribution in [-0.4, -0.2) is 19.8 Å². The van der Waals surface area contributed by atoms with Crippen molar-refractivity contribution in [3.63, 3.8) is 0 Å². The first-order valence-corrected chi connectivity index (χ1v) is 6.74. The minimum atomic E-state index is 0. The zero-order valence-corrected chi connectivity index (χ0v) is 14.0. The fourth-order valence-corrected chi connectivity index (χ4v) is 2.88. The van der Waals surface area contributed by atoms with E-state index < -0.39 is 0 Å². The molecule has 3 aromatic rings.